The number of hydrogen-bond donors (Lipinski definition) is 2. The van der Waals surface area contributed by atoms with Crippen molar-refractivity contribution in [2.75, 3.05) is 33.4 Å². The third kappa shape index (κ3) is 7.90. The largest absolute Gasteiger partial charge is 0.385 e. The first-order chi connectivity index (χ1) is 11.8. The molecule has 0 unspecified atom stereocenters. The van der Waals surface area contributed by atoms with Gasteiger partial charge in [-0.3, -0.25) is 9.98 Å². The Bertz CT molecular complexity index is 489. The summed E-state index contributed by atoms with van der Waals surface area (Å²) in [5.41, 5.74) is 1.58. The van der Waals surface area contributed by atoms with Gasteiger partial charge in [0.15, 0.2) is 5.96 Å². The van der Waals surface area contributed by atoms with Gasteiger partial charge in [-0.05, 0) is 49.7 Å². The molecule has 1 aromatic heterocycles. The highest BCUT2D eigenvalue weighted by molar-refractivity contribution is 14.0. The van der Waals surface area contributed by atoms with Crippen LogP contribution in [0.4, 0.5) is 0 Å². The van der Waals surface area contributed by atoms with E-state index in [1.54, 1.807) is 7.11 Å². The highest BCUT2D eigenvalue weighted by Crippen LogP contribution is 2.41. The van der Waals surface area contributed by atoms with E-state index in [1.165, 1.54) is 31.2 Å². The van der Waals surface area contributed by atoms with Gasteiger partial charge in [0.05, 0.1) is 0 Å². The summed E-state index contributed by atoms with van der Waals surface area (Å²) in [5, 5.41) is 6.80. The number of guanidine groups is 1. The van der Waals surface area contributed by atoms with Gasteiger partial charge in [-0.2, -0.15) is 0 Å². The van der Waals surface area contributed by atoms with Crippen molar-refractivity contribution < 1.29 is 4.74 Å². The number of aromatic nitrogens is 1. The molecule has 142 valence electrons. The summed E-state index contributed by atoms with van der Waals surface area (Å²) in [6.45, 7) is 5.57. The number of hydrogen-bond acceptors (Lipinski definition) is 3. The lowest BCUT2D eigenvalue weighted by molar-refractivity contribution is 0.141. The van der Waals surface area contributed by atoms with E-state index in [4.69, 9.17) is 9.73 Å². The Hall–Kier alpha value is -0.890. The summed E-state index contributed by atoms with van der Waals surface area (Å²) in [6, 6.07) is 4.09. The molecule has 0 amide bonds. The second-order valence-corrected chi connectivity index (χ2v) is 6.68. The van der Waals surface area contributed by atoms with E-state index in [1.807, 2.05) is 18.5 Å². The van der Waals surface area contributed by atoms with Crippen molar-refractivity contribution in [3.8, 4) is 0 Å². The third-order valence-corrected chi connectivity index (χ3v) is 4.85. The minimum absolute atomic E-state index is 0. The highest BCUT2D eigenvalue weighted by Gasteiger charge is 2.33. The number of methoxy groups -OCH3 is 1. The maximum atomic E-state index is 5.31. The first-order valence-electron chi connectivity index (χ1n) is 9.18. The minimum atomic E-state index is 0. The monoisotopic (exact) mass is 460 g/mol. The van der Waals surface area contributed by atoms with Crippen LogP contribution in [0.15, 0.2) is 29.5 Å². The predicted molar refractivity (Wildman–Crippen MR) is 115 cm³/mol. The molecule has 0 radical (unpaired) electrons. The molecule has 1 aromatic rings. The summed E-state index contributed by atoms with van der Waals surface area (Å²) in [4.78, 5) is 9.03. The Morgan fingerprint density at radius 2 is 2.12 bits per heavy atom. The van der Waals surface area contributed by atoms with Crippen LogP contribution < -0.4 is 10.6 Å². The van der Waals surface area contributed by atoms with Crippen LogP contribution in [0.25, 0.3) is 0 Å². The molecule has 5 nitrogen and oxygen atoms in total. The molecular formula is C19H33IN4O. The van der Waals surface area contributed by atoms with Gasteiger partial charge in [0, 0.05) is 45.7 Å². The zero-order valence-corrected chi connectivity index (χ0v) is 17.9. The molecule has 0 aliphatic heterocycles. The topological polar surface area (TPSA) is 58.5 Å². The molecule has 0 bridgehead atoms. The lowest BCUT2D eigenvalue weighted by Crippen LogP contribution is -2.39. The van der Waals surface area contributed by atoms with Gasteiger partial charge in [0.2, 0.25) is 0 Å². The summed E-state index contributed by atoms with van der Waals surface area (Å²) < 4.78 is 5.31. The molecule has 1 fully saturated rings. The van der Waals surface area contributed by atoms with Crippen LogP contribution in [-0.4, -0.2) is 44.3 Å². The smallest absolute Gasteiger partial charge is 0.191 e. The van der Waals surface area contributed by atoms with Crippen LogP contribution >= 0.6 is 24.0 Å². The van der Waals surface area contributed by atoms with Crippen molar-refractivity contribution in [2.45, 2.75) is 45.4 Å². The number of nitrogens with zero attached hydrogens (tertiary/aromatic N) is 2. The van der Waals surface area contributed by atoms with Gasteiger partial charge < -0.3 is 15.4 Å². The molecule has 6 heteroatoms. The van der Waals surface area contributed by atoms with Crippen molar-refractivity contribution in [1.29, 1.82) is 0 Å². The minimum Gasteiger partial charge on any atom is -0.385 e. The Balaban J connectivity index is 0.00000312. The fraction of sp³-hybridized carbons (Fsp3) is 0.684. The highest BCUT2D eigenvalue weighted by atomic mass is 127. The predicted octanol–water partition coefficient (Wildman–Crippen LogP) is 3.39. The number of pyridine rings is 1. The molecular weight excluding hydrogens is 427 g/mol. The number of aliphatic imine (C=N–C) groups is 1. The van der Waals surface area contributed by atoms with Gasteiger partial charge in [-0.1, -0.05) is 18.9 Å². The summed E-state index contributed by atoms with van der Waals surface area (Å²) >= 11 is 0. The van der Waals surface area contributed by atoms with Gasteiger partial charge in [-0.25, -0.2) is 0 Å². The standard InChI is InChI=1S/C19H32N4O.HI/c1-3-21-18(22-13-8-17-7-6-12-20-15-17)23-16-19(11-14-24-2)9-4-5-10-19;/h6-7,12,15H,3-5,8-11,13-14,16H2,1-2H3,(H2,21,22,23);1H. The van der Waals surface area contributed by atoms with Gasteiger partial charge >= 0.3 is 0 Å². The SMILES string of the molecule is CCNC(=NCC1(CCOC)CCCC1)NCCc1cccnc1.I. The van der Waals surface area contributed by atoms with Crippen LogP contribution in [0.3, 0.4) is 0 Å². The molecule has 2 rings (SSSR count). The van der Waals surface area contributed by atoms with E-state index in [2.05, 4.69) is 28.6 Å². The molecule has 0 aromatic carbocycles. The van der Waals surface area contributed by atoms with E-state index < -0.39 is 0 Å². The third-order valence-electron chi connectivity index (χ3n) is 4.85. The van der Waals surface area contributed by atoms with Crippen LogP contribution in [0.2, 0.25) is 0 Å². The molecule has 1 aliphatic carbocycles. The second-order valence-electron chi connectivity index (χ2n) is 6.68. The average Bonchev–Trinajstić information content (AvgIpc) is 3.08. The van der Waals surface area contributed by atoms with Gasteiger partial charge in [0.1, 0.15) is 0 Å². The van der Waals surface area contributed by atoms with Gasteiger partial charge in [-0.15, -0.1) is 24.0 Å². The van der Waals surface area contributed by atoms with E-state index in [-0.39, 0.29) is 24.0 Å². The average molecular weight is 460 g/mol. The van der Waals surface area contributed by atoms with Crippen LogP contribution in [0, 0.1) is 5.41 Å². The van der Waals surface area contributed by atoms with E-state index in [9.17, 15) is 0 Å². The summed E-state index contributed by atoms with van der Waals surface area (Å²) in [6.07, 6.45) is 11.0. The Morgan fingerprint density at radius 1 is 1.32 bits per heavy atom. The van der Waals surface area contributed by atoms with Crippen LogP contribution in [0.5, 0.6) is 0 Å². The zero-order chi connectivity index (χ0) is 17.1. The summed E-state index contributed by atoms with van der Waals surface area (Å²) in [5.74, 6) is 0.921. The number of halogens is 1. The van der Waals surface area contributed by atoms with Crippen molar-refractivity contribution in [1.82, 2.24) is 15.6 Å². The van der Waals surface area contributed by atoms with E-state index >= 15 is 0 Å². The molecule has 0 spiro atoms. The lowest BCUT2D eigenvalue weighted by atomic mass is 9.83. The van der Waals surface area contributed by atoms with Crippen molar-refractivity contribution >= 4 is 29.9 Å². The fourth-order valence-corrected chi connectivity index (χ4v) is 3.39. The number of ether oxygens (including phenoxy) is 1. The molecule has 2 N–H and O–H groups in total. The first-order valence-corrected chi connectivity index (χ1v) is 9.18. The molecule has 1 heterocycles. The Labute approximate surface area is 169 Å². The lowest BCUT2D eigenvalue weighted by Gasteiger charge is -2.27. The van der Waals surface area contributed by atoms with Crippen molar-refractivity contribution in [3.05, 3.63) is 30.1 Å². The maximum absolute atomic E-state index is 5.31. The molecule has 1 aliphatic rings. The van der Waals surface area contributed by atoms with E-state index in [0.717, 1.165) is 45.0 Å². The molecule has 1 saturated carbocycles. The first kappa shape index (κ1) is 22.2. The molecule has 25 heavy (non-hydrogen) atoms. The Kier molecular flexibility index (Phi) is 11.0. The second kappa shape index (κ2) is 12.5. The quantitative estimate of drug-likeness (QED) is 0.337. The van der Waals surface area contributed by atoms with E-state index in [0.29, 0.717) is 5.41 Å². The summed E-state index contributed by atoms with van der Waals surface area (Å²) in [7, 11) is 1.79. The van der Waals surface area contributed by atoms with Gasteiger partial charge in [0.25, 0.3) is 0 Å². The van der Waals surface area contributed by atoms with Crippen LogP contribution in [0.1, 0.15) is 44.6 Å². The number of nitrogens with one attached hydrogen (secondary N) is 2. The fourth-order valence-electron chi connectivity index (χ4n) is 3.39. The van der Waals surface area contributed by atoms with Crippen molar-refractivity contribution in [2.24, 2.45) is 10.4 Å². The molecule has 0 atom stereocenters. The zero-order valence-electron chi connectivity index (χ0n) is 15.6. The van der Waals surface area contributed by atoms with Crippen LogP contribution in [-0.2, 0) is 11.2 Å². The maximum Gasteiger partial charge on any atom is 0.191 e. The number of rotatable bonds is 9. The van der Waals surface area contributed by atoms with Crippen molar-refractivity contribution in [3.63, 3.8) is 0 Å². The molecule has 0 saturated heterocycles. The Morgan fingerprint density at radius 3 is 2.76 bits per heavy atom. The normalized spacial score (nSPS) is 16.3.